The highest BCUT2D eigenvalue weighted by molar-refractivity contribution is 5.82. The highest BCUT2D eigenvalue weighted by Crippen LogP contribution is 2.09. The average Bonchev–Trinajstić information content (AvgIpc) is 2.25. The smallest absolute Gasteiger partial charge is 0.326 e. The van der Waals surface area contributed by atoms with Gasteiger partial charge < -0.3 is 21.1 Å². The van der Waals surface area contributed by atoms with Crippen molar-refractivity contribution in [1.29, 1.82) is 5.41 Å². The summed E-state index contributed by atoms with van der Waals surface area (Å²) in [7, 11) is 0. The van der Waals surface area contributed by atoms with Gasteiger partial charge in [-0.05, 0) is 32.4 Å². The van der Waals surface area contributed by atoms with Crippen molar-refractivity contribution in [3.05, 3.63) is 0 Å². The minimum Gasteiger partial charge on any atom is -0.480 e. The Morgan fingerprint density at radius 3 is 2.56 bits per heavy atom. The molecule has 0 radical (unpaired) electrons. The molecule has 1 atom stereocenters. The van der Waals surface area contributed by atoms with E-state index in [-0.39, 0.29) is 5.96 Å². The molecule has 0 aromatic carbocycles. The Labute approximate surface area is 95.3 Å². The van der Waals surface area contributed by atoms with E-state index in [9.17, 15) is 4.79 Å². The van der Waals surface area contributed by atoms with Gasteiger partial charge in [-0.1, -0.05) is 6.42 Å². The topological polar surface area (TPSA) is 102 Å². The van der Waals surface area contributed by atoms with Crippen molar-refractivity contribution in [2.24, 2.45) is 5.73 Å². The van der Waals surface area contributed by atoms with Gasteiger partial charge >= 0.3 is 5.97 Å². The zero-order valence-electron chi connectivity index (χ0n) is 9.41. The SMILES string of the molecule is N=C(N)N[C@@H](CCN1CCCCC1)C(=O)O. The Hall–Kier alpha value is -1.30. The highest BCUT2D eigenvalue weighted by Gasteiger charge is 2.19. The maximum atomic E-state index is 10.9. The van der Waals surface area contributed by atoms with Crippen LogP contribution in [0, 0.1) is 5.41 Å². The van der Waals surface area contributed by atoms with Crippen LogP contribution in [0.15, 0.2) is 0 Å². The Morgan fingerprint density at radius 2 is 2.06 bits per heavy atom. The van der Waals surface area contributed by atoms with Crippen LogP contribution in [0.3, 0.4) is 0 Å². The summed E-state index contributed by atoms with van der Waals surface area (Å²) in [6.45, 7) is 2.84. The fourth-order valence-corrected chi connectivity index (χ4v) is 1.94. The third-order valence-electron chi connectivity index (χ3n) is 2.81. The minimum atomic E-state index is -0.952. The predicted molar refractivity (Wildman–Crippen MR) is 61.4 cm³/mol. The second kappa shape index (κ2) is 6.32. The lowest BCUT2D eigenvalue weighted by molar-refractivity contribution is -0.139. The number of carboxylic acid groups (broad SMARTS) is 1. The van der Waals surface area contributed by atoms with Gasteiger partial charge in [0, 0.05) is 6.54 Å². The third-order valence-corrected chi connectivity index (χ3v) is 2.81. The minimum absolute atomic E-state index is 0.286. The van der Waals surface area contributed by atoms with Gasteiger partial charge in [-0.25, -0.2) is 4.79 Å². The Bertz CT molecular complexity index is 251. The first-order chi connectivity index (χ1) is 7.59. The van der Waals surface area contributed by atoms with E-state index >= 15 is 0 Å². The van der Waals surface area contributed by atoms with Gasteiger partial charge in [0.15, 0.2) is 5.96 Å². The fraction of sp³-hybridized carbons (Fsp3) is 0.800. The molecule has 0 aromatic heterocycles. The monoisotopic (exact) mass is 228 g/mol. The van der Waals surface area contributed by atoms with E-state index in [2.05, 4.69) is 10.2 Å². The summed E-state index contributed by atoms with van der Waals surface area (Å²) in [5, 5.41) is 18.4. The number of carbonyl (C=O) groups is 1. The fourth-order valence-electron chi connectivity index (χ4n) is 1.94. The van der Waals surface area contributed by atoms with E-state index in [1.165, 1.54) is 19.3 Å². The molecule has 0 amide bonds. The Morgan fingerprint density at radius 1 is 1.44 bits per heavy atom. The molecule has 1 aliphatic heterocycles. The summed E-state index contributed by atoms with van der Waals surface area (Å²) in [6, 6.07) is -0.751. The summed E-state index contributed by atoms with van der Waals surface area (Å²) in [4.78, 5) is 13.1. The normalized spacial score (nSPS) is 19.0. The van der Waals surface area contributed by atoms with Gasteiger partial charge in [0.05, 0.1) is 0 Å². The zero-order chi connectivity index (χ0) is 12.0. The number of nitrogens with one attached hydrogen (secondary N) is 2. The molecule has 5 N–H and O–H groups in total. The van der Waals surface area contributed by atoms with Crippen LogP contribution in [-0.4, -0.2) is 47.6 Å². The number of nitrogens with two attached hydrogens (primary N) is 1. The predicted octanol–water partition coefficient (Wildman–Crippen LogP) is -0.201. The van der Waals surface area contributed by atoms with Crippen LogP contribution >= 0.6 is 0 Å². The number of likely N-dealkylation sites (tertiary alicyclic amines) is 1. The number of aliphatic carboxylic acids is 1. The number of guanidine groups is 1. The molecule has 0 aromatic rings. The van der Waals surface area contributed by atoms with E-state index in [1.54, 1.807) is 0 Å². The molecule has 1 saturated heterocycles. The van der Waals surface area contributed by atoms with Crippen molar-refractivity contribution >= 4 is 11.9 Å². The molecule has 1 heterocycles. The molecule has 1 fully saturated rings. The first kappa shape index (κ1) is 12.8. The molecular formula is C10H20N4O2. The molecule has 6 heteroatoms. The lowest BCUT2D eigenvalue weighted by Crippen LogP contribution is -2.46. The summed E-state index contributed by atoms with van der Waals surface area (Å²) in [5.41, 5.74) is 5.14. The van der Waals surface area contributed by atoms with Crippen LogP contribution in [0.5, 0.6) is 0 Å². The third kappa shape index (κ3) is 4.48. The van der Waals surface area contributed by atoms with Gasteiger partial charge in [0.1, 0.15) is 6.04 Å². The molecule has 0 saturated carbocycles. The van der Waals surface area contributed by atoms with E-state index < -0.39 is 12.0 Å². The van der Waals surface area contributed by atoms with Crippen LogP contribution in [-0.2, 0) is 4.79 Å². The maximum absolute atomic E-state index is 10.9. The van der Waals surface area contributed by atoms with Crippen molar-refractivity contribution in [2.75, 3.05) is 19.6 Å². The highest BCUT2D eigenvalue weighted by atomic mass is 16.4. The number of nitrogens with zero attached hydrogens (tertiary/aromatic N) is 1. The number of carboxylic acids is 1. The largest absolute Gasteiger partial charge is 0.480 e. The van der Waals surface area contributed by atoms with Gasteiger partial charge in [0.2, 0.25) is 0 Å². The van der Waals surface area contributed by atoms with Gasteiger partial charge in [-0.15, -0.1) is 0 Å². The average molecular weight is 228 g/mol. The quantitative estimate of drug-likeness (QED) is 0.385. The summed E-state index contributed by atoms with van der Waals surface area (Å²) >= 11 is 0. The van der Waals surface area contributed by atoms with Gasteiger partial charge in [-0.2, -0.15) is 0 Å². The number of hydrogen-bond acceptors (Lipinski definition) is 3. The van der Waals surface area contributed by atoms with Crippen LogP contribution in [0.1, 0.15) is 25.7 Å². The lowest BCUT2D eigenvalue weighted by atomic mass is 10.1. The van der Waals surface area contributed by atoms with Crippen molar-refractivity contribution < 1.29 is 9.90 Å². The summed E-state index contributed by atoms with van der Waals surface area (Å²) < 4.78 is 0. The molecule has 1 aliphatic rings. The molecule has 6 nitrogen and oxygen atoms in total. The van der Waals surface area contributed by atoms with E-state index in [0.717, 1.165) is 19.6 Å². The molecule has 92 valence electrons. The van der Waals surface area contributed by atoms with Crippen LogP contribution in [0.25, 0.3) is 0 Å². The first-order valence-electron chi connectivity index (χ1n) is 5.65. The van der Waals surface area contributed by atoms with Crippen molar-refractivity contribution in [3.8, 4) is 0 Å². The summed E-state index contributed by atoms with van der Waals surface area (Å²) in [5.74, 6) is -1.24. The first-order valence-corrected chi connectivity index (χ1v) is 5.65. The molecule has 0 aliphatic carbocycles. The summed E-state index contributed by atoms with van der Waals surface area (Å²) in [6.07, 6.45) is 4.13. The van der Waals surface area contributed by atoms with Gasteiger partial charge in [0.25, 0.3) is 0 Å². The zero-order valence-corrected chi connectivity index (χ0v) is 9.41. The van der Waals surface area contributed by atoms with Gasteiger partial charge in [-0.3, -0.25) is 5.41 Å². The molecule has 0 bridgehead atoms. The molecular weight excluding hydrogens is 208 g/mol. The van der Waals surface area contributed by atoms with Crippen LogP contribution in [0.4, 0.5) is 0 Å². The standard InChI is InChI=1S/C10H20N4O2/c11-10(12)13-8(9(15)16)4-7-14-5-2-1-3-6-14/h8H,1-7H2,(H,15,16)(H4,11,12,13)/t8-/m0/s1. The second-order valence-electron chi connectivity index (χ2n) is 4.14. The van der Waals surface area contributed by atoms with Crippen molar-refractivity contribution in [1.82, 2.24) is 10.2 Å². The van der Waals surface area contributed by atoms with Crippen LogP contribution in [0.2, 0.25) is 0 Å². The van der Waals surface area contributed by atoms with E-state index in [4.69, 9.17) is 16.2 Å². The second-order valence-corrected chi connectivity index (χ2v) is 4.14. The lowest BCUT2D eigenvalue weighted by Gasteiger charge is -2.27. The Kier molecular flexibility index (Phi) is 5.04. The van der Waals surface area contributed by atoms with Crippen molar-refractivity contribution in [2.45, 2.75) is 31.7 Å². The Balaban J connectivity index is 2.30. The molecule has 0 unspecified atom stereocenters. The van der Waals surface area contributed by atoms with E-state index in [0.29, 0.717) is 6.42 Å². The molecule has 16 heavy (non-hydrogen) atoms. The number of piperidine rings is 1. The van der Waals surface area contributed by atoms with Crippen molar-refractivity contribution in [3.63, 3.8) is 0 Å². The van der Waals surface area contributed by atoms with E-state index in [1.807, 2.05) is 0 Å². The molecule has 1 rings (SSSR count). The number of rotatable bonds is 5. The van der Waals surface area contributed by atoms with Crippen LogP contribution < -0.4 is 11.1 Å². The molecule has 0 spiro atoms. The maximum Gasteiger partial charge on any atom is 0.326 e. The number of hydrogen-bond donors (Lipinski definition) is 4.